The average Bonchev–Trinajstić information content (AvgIpc) is 2.76. The van der Waals surface area contributed by atoms with Crippen LogP contribution in [-0.2, 0) is 49.5 Å². The molecule has 1 aromatic carbocycles. The Hall–Kier alpha value is -1.77. The summed E-state index contributed by atoms with van der Waals surface area (Å²) >= 11 is 5.76. The maximum atomic E-state index is 13.0. The second kappa shape index (κ2) is 15.5. The molecule has 0 aliphatic rings. The summed E-state index contributed by atoms with van der Waals surface area (Å²) in [5.41, 5.74) is 0.839. The van der Waals surface area contributed by atoms with Crippen molar-refractivity contribution < 1.29 is 47.7 Å². The van der Waals surface area contributed by atoms with Gasteiger partial charge in [0.25, 0.3) is 11.8 Å². The summed E-state index contributed by atoms with van der Waals surface area (Å²) < 4.78 is 21.1. The van der Waals surface area contributed by atoms with Crippen LogP contribution in [0.2, 0.25) is 0 Å². The predicted molar refractivity (Wildman–Crippen MR) is 150 cm³/mol. The van der Waals surface area contributed by atoms with Gasteiger partial charge in [0.15, 0.2) is 0 Å². The molecule has 0 aliphatic carbocycles. The zero-order valence-electron chi connectivity index (χ0n) is 19.6. The minimum absolute atomic E-state index is 0.0362. The normalized spacial score (nSPS) is 11.1. The molecule has 0 radical (unpaired) electrons. The van der Waals surface area contributed by atoms with Gasteiger partial charge in [-0.3, -0.25) is 28.8 Å². The van der Waals surface area contributed by atoms with Gasteiger partial charge in [0.2, 0.25) is 6.10 Å². The first-order valence-corrected chi connectivity index (χ1v) is 13.4. The molecule has 15 heteroatoms. The van der Waals surface area contributed by atoms with Gasteiger partial charge in [-0.1, -0.05) is 0 Å². The van der Waals surface area contributed by atoms with E-state index in [1.165, 1.54) is 13.8 Å². The van der Waals surface area contributed by atoms with E-state index in [9.17, 15) is 28.8 Å². The number of halogens is 3. The third kappa shape index (κ3) is 10.3. The van der Waals surface area contributed by atoms with Crippen molar-refractivity contribution in [1.82, 2.24) is 5.32 Å². The fourth-order valence-electron chi connectivity index (χ4n) is 2.53. The summed E-state index contributed by atoms with van der Waals surface area (Å²) in [6, 6.07) is 0. The molecular weight excluding hydrogens is 821 g/mol. The molecule has 1 atom stereocenters. The quantitative estimate of drug-likeness (QED) is 0.146. The van der Waals surface area contributed by atoms with E-state index in [2.05, 4.69) is 10.6 Å². The first-order chi connectivity index (χ1) is 16.8. The molecule has 0 aromatic heterocycles. The lowest BCUT2D eigenvalue weighted by Crippen LogP contribution is -2.37. The Bertz CT molecular complexity index is 1060. The van der Waals surface area contributed by atoms with E-state index >= 15 is 0 Å². The van der Waals surface area contributed by atoms with Crippen LogP contribution in [0.1, 0.15) is 43.6 Å². The minimum atomic E-state index is -1.45. The Balaban J connectivity index is 3.43. The van der Waals surface area contributed by atoms with Crippen LogP contribution in [0.25, 0.3) is 0 Å². The lowest BCUT2D eigenvalue weighted by Gasteiger charge is -2.22. The third-order valence-electron chi connectivity index (χ3n) is 4.03. The number of carbonyl (C=O) groups is 6. The Morgan fingerprint density at radius 3 is 1.89 bits per heavy atom. The molecule has 0 bridgehead atoms. The van der Waals surface area contributed by atoms with Gasteiger partial charge in [-0.2, -0.15) is 0 Å². The van der Waals surface area contributed by atoms with Crippen LogP contribution in [0.5, 0.6) is 0 Å². The van der Waals surface area contributed by atoms with E-state index in [-0.39, 0.29) is 31.0 Å². The molecule has 0 spiro atoms. The van der Waals surface area contributed by atoms with E-state index < -0.39 is 48.4 Å². The maximum absolute atomic E-state index is 13.0. The highest BCUT2D eigenvalue weighted by atomic mass is 127. The van der Waals surface area contributed by atoms with Crippen LogP contribution in [0.15, 0.2) is 0 Å². The van der Waals surface area contributed by atoms with Gasteiger partial charge in [-0.05, 0) is 67.8 Å². The molecule has 0 fully saturated rings. The van der Waals surface area contributed by atoms with E-state index in [1.807, 2.05) is 67.8 Å². The van der Waals surface area contributed by atoms with Crippen molar-refractivity contribution in [2.45, 2.75) is 40.4 Å². The standard InChI is InChI=1S/C21H23I3N2O10/c1-9(27)33-6-5-25-21(32)15-16(22)13(7-34-10(2)28)17(23)19(18(15)24)26-20(31)14(36-12(4)30)8-35-11(3)29/h14H,5-8H2,1-4H3,(H,25,32)(H,26,31). The highest BCUT2D eigenvalue weighted by Gasteiger charge is 2.29. The Morgan fingerprint density at radius 1 is 0.778 bits per heavy atom. The highest BCUT2D eigenvalue weighted by molar-refractivity contribution is 14.1. The first kappa shape index (κ1) is 32.3. The number of ether oxygens (including phenoxy) is 4. The monoisotopic (exact) mass is 844 g/mol. The van der Waals surface area contributed by atoms with Crippen molar-refractivity contribution in [2.75, 3.05) is 25.1 Å². The number of carbonyl (C=O) groups excluding carboxylic acids is 6. The zero-order valence-corrected chi connectivity index (χ0v) is 26.1. The maximum Gasteiger partial charge on any atom is 0.303 e. The largest absolute Gasteiger partial charge is 0.464 e. The van der Waals surface area contributed by atoms with Gasteiger partial charge >= 0.3 is 23.9 Å². The van der Waals surface area contributed by atoms with Crippen LogP contribution in [-0.4, -0.2) is 61.6 Å². The van der Waals surface area contributed by atoms with Crippen LogP contribution in [0.4, 0.5) is 5.69 Å². The van der Waals surface area contributed by atoms with Gasteiger partial charge < -0.3 is 29.6 Å². The van der Waals surface area contributed by atoms with Crippen molar-refractivity contribution in [3.63, 3.8) is 0 Å². The van der Waals surface area contributed by atoms with Crippen LogP contribution >= 0.6 is 67.8 Å². The number of hydrogen-bond donors (Lipinski definition) is 2. The van der Waals surface area contributed by atoms with Crippen molar-refractivity contribution in [3.05, 3.63) is 21.8 Å². The van der Waals surface area contributed by atoms with Gasteiger partial charge in [0.1, 0.15) is 19.8 Å². The average molecular weight is 844 g/mol. The molecule has 0 aliphatic heterocycles. The van der Waals surface area contributed by atoms with Crippen molar-refractivity contribution in [1.29, 1.82) is 0 Å². The van der Waals surface area contributed by atoms with Gasteiger partial charge in [0, 0.05) is 40.4 Å². The topological polar surface area (TPSA) is 163 Å². The molecule has 1 unspecified atom stereocenters. The molecule has 0 saturated heterocycles. The van der Waals surface area contributed by atoms with Gasteiger partial charge in [-0.25, -0.2) is 0 Å². The molecule has 198 valence electrons. The minimum Gasteiger partial charge on any atom is -0.464 e. The fraction of sp³-hybridized carbons (Fsp3) is 0.429. The third-order valence-corrected chi connectivity index (χ3v) is 7.49. The summed E-state index contributed by atoms with van der Waals surface area (Å²) in [7, 11) is 0. The number of hydrogen-bond acceptors (Lipinski definition) is 10. The summed E-state index contributed by atoms with van der Waals surface area (Å²) in [5, 5.41) is 5.26. The van der Waals surface area contributed by atoms with Gasteiger partial charge in [-0.15, -0.1) is 0 Å². The van der Waals surface area contributed by atoms with E-state index in [0.717, 1.165) is 13.8 Å². The number of rotatable bonds is 11. The molecule has 2 amide bonds. The summed E-state index contributed by atoms with van der Waals surface area (Å²) in [6.07, 6.45) is -1.45. The number of nitrogens with one attached hydrogen (secondary N) is 2. The lowest BCUT2D eigenvalue weighted by atomic mass is 10.1. The van der Waals surface area contributed by atoms with Crippen LogP contribution in [0, 0.1) is 10.7 Å². The number of amides is 2. The predicted octanol–water partition coefficient (Wildman–Crippen LogP) is 2.29. The van der Waals surface area contributed by atoms with Crippen molar-refractivity contribution in [2.24, 2.45) is 0 Å². The zero-order chi connectivity index (χ0) is 27.6. The number of esters is 4. The number of benzene rings is 1. The van der Waals surface area contributed by atoms with Crippen molar-refractivity contribution >= 4 is 109 Å². The van der Waals surface area contributed by atoms with Crippen molar-refractivity contribution in [3.8, 4) is 0 Å². The molecule has 1 aromatic rings. The molecular formula is C21H23I3N2O10. The van der Waals surface area contributed by atoms with E-state index in [4.69, 9.17) is 18.9 Å². The molecule has 12 nitrogen and oxygen atoms in total. The second-order valence-corrected chi connectivity index (χ2v) is 10.2. The number of anilines is 1. The lowest BCUT2D eigenvalue weighted by molar-refractivity contribution is -0.160. The van der Waals surface area contributed by atoms with Gasteiger partial charge in [0.05, 0.1) is 21.4 Å². The summed E-state index contributed by atoms with van der Waals surface area (Å²) in [6.45, 7) is 4.02. The summed E-state index contributed by atoms with van der Waals surface area (Å²) in [4.78, 5) is 71.0. The van der Waals surface area contributed by atoms with Crippen LogP contribution in [0.3, 0.4) is 0 Å². The molecule has 2 N–H and O–H groups in total. The molecule has 1 rings (SSSR count). The Morgan fingerprint density at radius 2 is 1.36 bits per heavy atom. The molecule has 36 heavy (non-hydrogen) atoms. The van der Waals surface area contributed by atoms with E-state index in [1.54, 1.807) is 0 Å². The Labute approximate surface area is 247 Å². The first-order valence-electron chi connectivity index (χ1n) is 10.1. The smallest absolute Gasteiger partial charge is 0.303 e. The van der Waals surface area contributed by atoms with E-state index in [0.29, 0.717) is 16.3 Å². The summed E-state index contributed by atoms with van der Waals surface area (Å²) in [5.74, 6) is -3.80. The highest BCUT2D eigenvalue weighted by Crippen LogP contribution is 2.36. The second-order valence-electron chi connectivity index (χ2n) is 6.94. The fourth-order valence-corrected chi connectivity index (χ4v) is 6.77. The SMILES string of the molecule is CC(=O)OCCNC(=O)c1c(I)c(COC(C)=O)c(I)c(NC(=O)C(COC(C)=O)OC(C)=O)c1I. The molecule has 0 heterocycles. The van der Waals surface area contributed by atoms with Crippen LogP contribution < -0.4 is 10.6 Å². The molecule has 0 saturated carbocycles. The Kier molecular flexibility index (Phi) is 13.9.